The van der Waals surface area contributed by atoms with Gasteiger partial charge in [0.1, 0.15) is 23.8 Å². The zero-order valence-corrected chi connectivity index (χ0v) is 18.3. The Kier molecular flexibility index (Phi) is 7.30. The lowest BCUT2D eigenvalue weighted by molar-refractivity contribution is -0.0968. The van der Waals surface area contributed by atoms with Crippen LogP contribution in [-0.2, 0) is 21.7 Å². The van der Waals surface area contributed by atoms with E-state index < -0.39 is 17.2 Å². The van der Waals surface area contributed by atoms with Crippen molar-refractivity contribution in [2.45, 2.75) is 32.0 Å². The second-order valence-electron chi connectivity index (χ2n) is 7.38. The highest BCUT2D eigenvalue weighted by atomic mass is 35.5. The molecule has 0 spiro atoms. The Labute approximate surface area is 186 Å². The van der Waals surface area contributed by atoms with Crippen LogP contribution >= 0.6 is 12.4 Å². The summed E-state index contributed by atoms with van der Waals surface area (Å²) in [5.74, 6) is -0.392. The maximum absolute atomic E-state index is 15.2. The molecule has 0 atom stereocenters. The Morgan fingerprint density at radius 2 is 1.84 bits per heavy atom. The van der Waals surface area contributed by atoms with Crippen molar-refractivity contribution < 1.29 is 23.0 Å². The van der Waals surface area contributed by atoms with Gasteiger partial charge in [-0.1, -0.05) is 12.1 Å². The normalized spacial score (nSPS) is 15.4. The van der Waals surface area contributed by atoms with Gasteiger partial charge in [-0.15, -0.1) is 12.4 Å². The number of methoxy groups -OCH3 is 1. The van der Waals surface area contributed by atoms with Crippen molar-refractivity contribution in [2.75, 3.05) is 20.3 Å². The van der Waals surface area contributed by atoms with E-state index in [1.165, 1.54) is 13.2 Å². The maximum atomic E-state index is 15.2. The van der Waals surface area contributed by atoms with Crippen molar-refractivity contribution in [3.05, 3.63) is 77.4 Å². The van der Waals surface area contributed by atoms with Gasteiger partial charge in [0.2, 0.25) is 0 Å². The molecule has 166 valence electrons. The van der Waals surface area contributed by atoms with E-state index >= 15 is 4.39 Å². The maximum Gasteiger partial charge on any atom is 0.171 e. The zero-order chi connectivity index (χ0) is 21.1. The van der Waals surface area contributed by atoms with Gasteiger partial charge in [-0.3, -0.25) is 0 Å². The summed E-state index contributed by atoms with van der Waals surface area (Å²) in [5, 5.41) is 0. The van der Waals surface area contributed by atoms with Crippen LogP contribution in [0.4, 0.5) is 8.78 Å². The molecule has 8 heteroatoms. The van der Waals surface area contributed by atoms with E-state index in [0.29, 0.717) is 26.1 Å². The average molecular weight is 451 g/mol. The van der Waals surface area contributed by atoms with E-state index in [1.54, 1.807) is 6.20 Å². The Balaban J connectivity index is 0.00000272. The summed E-state index contributed by atoms with van der Waals surface area (Å²) in [6, 6.07) is 9.92. The number of halogens is 3. The quantitative estimate of drug-likeness (QED) is 0.523. The summed E-state index contributed by atoms with van der Waals surface area (Å²) in [7, 11) is 1.51. The molecule has 0 radical (unpaired) electrons. The van der Waals surface area contributed by atoms with Gasteiger partial charge in [-0.05, 0) is 30.7 Å². The van der Waals surface area contributed by atoms with Crippen LogP contribution in [0.3, 0.4) is 0 Å². The minimum Gasteiger partial charge on any atom is -0.486 e. The van der Waals surface area contributed by atoms with Crippen LogP contribution in [0.25, 0.3) is 5.69 Å². The third kappa shape index (κ3) is 4.74. The predicted molar refractivity (Wildman–Crippen MR) is 115 cm³/mol. The number of benzene rings is 2. The molecule has 2 aromatic carbocycles. The minimum atomic E-state index is -0.910. The van der Waals surface area contributed by atoms with Gasteiger partial charge in [0.25, 0.3) is 0 Å². The molecule has 0 amide bonds. The Morgan fingerprint density at radius 3 is 2.45 bits per heavy atom. The van der Waals surface area contributed by atoms with Crippen LogP contribution in [0.2, 0.25) is 0 Å². The standard InChI is InChI=1S/C23H24F2N2O3.ClH/c1-16-26-9-10-27(16)19-5-3-17(4-6-19)15-30-21-14-18(24)13-20(22(21)25)23(28-2)7-11-29-12-8-23;/h3-6,9-10,13-14H,7-8,11-12,15H2,1-2H3;1H. The number of rotatable bonds is 6. The summed E-state index contributed by atoms with van der Waals surface area (Å²) in [4.78, 5) is 4.21. The van der Waals surface area contributed by atoms with Crippen molar-refractivity contribution in [3.63, 3.8) is 0 Å². The third-order valence-electron chi connectivity index (χ3n) is 5.62. The first kappa shape index (κ1) is 23.2. The SMILES string of the molecule is COC1(c2cc(F)cc(OCc3ccc(-n4ccnc4C)cc3)c2F)CCOCC1.Cl. The lowest BCUT2D eigenvalue weighted by Gasteiger charge is -2.36. The molecule has 1 aromatic heterocycles. The van der Waals surface area contributed by atoms with E-state index in [4.69, 9.17) is 14.2 Å². The van der Waals surface area contributed by atoms with Gasteiger partial charge in [0, 0.05) is 62.9 Å². The molecule has 0 unspecified atom stereocenters. The molecule has 31 heavy (non-hydrogen) atoms. The largest absolute Gasteiger partial charge is 0.486 e. The molecule has 0 N–H and O–H groups in total. The van der Waals surface area contributed by atoms with Gasteiger partial charge in [-0.25, -0.2) is 13.8 Å². The summed E-state index contributed by atoms with van der Waals surface area (Å²) in [5.41, 5.74) is 1.07. The highest BCUT2D eigenvalue weighted by Gasteiger charge is 2.38. The van der Waals surface area contributed by atoms with Crippen molar-refractivity contribution >= 4 is 12.4 Å². The summed E-state index contributed by atoms with van der Waals surface area (Å²) >= 11 is 0. The summed E-state index contributed by atoms with van der Waals surface area (Å²) < 4.78 is 48.2. The Morgan fingerprint density at radius 1 is 1.13 bits per heavy atom. The fraction of sp³-hybridized carbons (Fsp3) is 0.348. The van der Waals surface area contributed by atoms with Crippen LogP contribution in [0.1, 0.15) is 29.8 Å². The highest BCUT2D eigenvalue weighted by Crippen LogP contribution is 2.40. The van der Waals surface area contributed by atoms with Crippen LogP contribution in [-0.4, -0.2) is 29.9 Å². The van der Waals surface area contributed by atoms with E-state index in [9.17, 15) is 4.39 Å². The molecule has 1 aliphatic rings. The molecule has 5 nitrogen and oxygen atoms in total. The second-order valence-corrected chi connectivity index (χ2v) is 7.38. The summed E-state index contributed by atoms with van der Waals surface area (Å²) in [6.07, 6.45) is 4.53. The minimum absolute atomic E-state index is 0. The third-order valence-corrected chi connectivity index (χ3v) is 5.62. The Bertz CT molecular complexity index is 1020. The molecule has 3 aromatic rings. The van der Waals surface area contributed by atoms with Gasteiger partial charge in [0.05, 0.1) is 0 Å². The van der Waals surface area contributed by atoms with Gasteiger partial charge in [-0.2, -0.15) is 0 Å². The van der Waals surface area contributed by atoms with Crippen LogP contribution in [0.5, 0.6) is 5.75 Å². The second kappa shape index (κ2) is 9.77. The predicted octanol–water partition coefficient (Wildman–Crippen LogP) is 5.11. The molecular weight excluding hydrogens is 426 g/mol. The van der Waals surface area contributed by atoms with Crippen LogP contribution < -0.4 is 4.74 Å². The molecule has 1 saturated heterocycles. The number of nitrogens with zero attached hydrogens (tertiary/aromatic N) is 2. The Hall–Kier alpha value is -2.48. The number of hydrogen-bond donors (Lipinski definition) is 0. The first-order chi connectivity index (χ1) is 14.5. The van der Waals surface area contributed by atoms with E-state index in [2.05, 4.69) is 4.98 Å². The molecule has 0 bridgehead atoms. The molecule has 1 aliphatic heterocycles. The average Bonchev–Trinajstić information content (AvgIpc) is 3.20. The molecule has 0 aliphatic carbocycles. The lowest BCUT2D eigenvalue weighted by Crippen LogP contribution is -2.36. The van der Waals surface area contributed by atoms with Crippen LogP contribution in [0, 0.1) is 18.6 Å². The van der Waals surface area contributed by atoms with E-state index in [0.717, 1.165) is 23.1 Å². The number of imidazole rings is 1. The van der Waals surface area contributed by atoms with Crippen molar-refractivity contribution in [3.8, 4) is 11.4 Å². The lowest BCUT2D eigenvalue weighted by atomic mass is 9.85. The molecule has 4 rings (SSSR count). The van der Waals surface area contributed by atoms with Gasteiger partial charge in [0.15, 0.2) is 11.6 Å². The topological polar surface area (TPSA) is 45.5 Å². The van der Waals surface area contributed by atoms with E-state index in [-0.39, 0.29) is 30.3 Å². The molecule has 2 heterocycles. The van der Waals surface area contributed by atoms with Gasteiger partial charge >= 0.3 is 0 Å². The van der Waals surface area contributed by atoms with Crippen molar-refractivity contribution in [1.29, 1.82) is 0 Å². The first-order valence-electron chi connectivity index (χ1n) is 9.87. The van der Waals surface area contributed by atoms with Crippen molar-refractivity contribution in [1.82, 2.24) is 9.55 Å². The smallest absolute Gasteiger partial charge is 0.171 e. The van der Waals surface area contributed by atoms with Crippen LogP contribution in [0.15, 0.2) is 48.8 Å². The van der Waals surface area contributed by atoms with Gasteiger partial charge < -0.3 is 18.8 Å². The zero-order valence-electron chi connectivity index (χ0n) is 17.4. The fourth-order valence-corrected chi connectivity index (χ4v) is 3.85. The van der Waals surface area contributed by atoms with E-state index in [1.807, 2.05) is 42.0 Å². The number of aryl methyl sites for hydroxylation is 1. The molecular formula is C23H25ClF2N2O3. The number of hydrogen-bond acceptors (Lipinski definition) is 4. The number of ether oxygens (including phenoxy) is 3. The molecule has 1 fully saturated rings. The molecule has 0 saturated carbocycles. The van der Waals surface area contributed by atoms with Crippen molar-refractivity contribution in [2.24, 2.45) is 0 Å². The highest BCUT2D eigenvalue weighted by molar-refractivity contribution is 5.85. The fourth-order valence-electron chi connectivity index (χ4n) is 3.85. The summed E-state index contributed by atoms with van der Waals surface area (Å²) in [6.45, 7) is 2.91. The monoisotopic (exact) mass is 450 g/mol. The number of aromatic nitrogens is 2. The first-order valence-corrected chi connectivity index (χ1v) is 9.87.